The molecule has 0 radical (unpaired) electrons. The van der Waals surface area contributed by atoms with Gasteiger partial charge in [-0.3, -0.25) is 0 Å². The molecule has 2 aromatic rings. The molecule has 0 amide bonds. The Kier molecular flexibility index (Phi) is 4.14. The van der Waals surface area contributed by atoms with E-state index in [2.05, 4.69) is 65.1 Å². The van der Waals surface area contributed by atoms with Crippen molar-refractivity contribution in [1.82, 2.24) is 0 Å². The number of likely N-dealkylation sites (N-methyl/N-ethyl adjacent to an activating group) is 1. The monoisotopic (exact) mass is 297 g/mol. The van der Waals surface area contributed by atoms with E-state index in [4.69, 9.17) is 5.73 Å². The molecule has 1 aliphatic heterocycles. The number of thiophene rings is 1. The summed E-state index contributed by atoms with van der Waals surface area (Å²) >= 11 is 1.76. The van der Waals surface area contributed by atoms with Crippen LogP contribution in [0.3, 0.4) is 0 Å². The van der Waals surface area contributed by atoms with Gasteiger partial charge >= 0.3 is 0 Å². The molecule has 0 bridgehead atoms. The lowest BCUT2D eigenvalue weighted by atomic mass is 10.1. The molecule has 1 aliphatic rings. The molecular formula is C17H19N3S. The smallest absolute Gasteiger partial charge is 0.0772 e. The SMILES string of the molecule is CN1CCN(Cc2ccc(C#CCN)s2)c2ccccc21. The Labute approximate surface area is 130 Å². The molecule has 0 spiro atoms. The average molecular weight is 297 g/mol. The predicted molar refractivity (Wildman–Crippen MR) is 91.0 cm³/mol. The summed E-state index contributed by atoms with van der Waals surface area (Å²) in [6, 6.07) is 12.9. The molecule has 1 aromatic carbocycles. The molecule has 21 heavy (non-hydrogen) atoms. The highest BCUT2D eigenvalue weighted by Crippen LogP contribution is 2.33. The van der Waals surface area contributed by atoms with E-state index >= 15 is 0 Å². The third-order valence-electron chi connectivity index (χ3n) is 3.66. The van der Waals surface area contributed by atoms with Crippen molar-refractivity contribution in [3.63, 3.8) is 0 Å². The molecule has 2 N–H and O–H groups in total. The van der Waals surface area contributed by atoms with E-state index in [0.717, 1.165) is 24.5 Å². The minimum atomic E-state index is 0.416. The van der Waals surface area contributed by atoms with E-state index in [9.17, 15) is 0 Å². The molecule has 0 unspecified atom stereocenters. The summed E-state index contributed by atoms with van der Waals surface area (Å²) < 4.78 is 0. The summed E-state index contributed by atoms with van der Waals surface area (Å²) in [6.07, 6.45) is 0. The highest BCUT2D eigenvalue weighted by Gasteiger charge is 2.20. The lowest BCUT2D eigenvalue weighted by Gasteiger charge is -2.36. The van der Waals surface area contributed by atoms with Crippen LogP contribution < -0.4 is 15.5 Å². The Hall–Kier alpha value is -1.96. The second-order valence-electron chi connectivity index (χ2n) is 5.10. The third kappa shape index (κ3) is 3.05. The third-order valence-corrected chi connectivity index (χ3v) is 4.65. The average Bonchev–Trinajstić information content (AvgIpc) is 2.96. The number of para-hydroxylation sites is 2. The zero-order valence-electron chi connectivity index (χ0n) is 12.2. The predicted octanol–water partition coefficient (Wildman–Crippen LogP) is 2.51. The van der Waals surface area contributed by atoms with Gasteiger partial charge in [0.05, 0.1) is 29.3 Å². The molecule has 3 nitrogen and oxygen atoms in total. The van der Waals surface area contributed by atoms with E-state index in [1.54, 1.807) is 11.3 Å². The van der Waals surface area contributed by atoms with Gasteiger partial charge in [0, 0.05) is 25.0 Å². The largest absolute Gasteiger partial charge is 0.371 e. The first kappa shape index (κ1) is 14.0. The lowest BCUT2D eigenvalue weighted by molar-refractivity contribution is 0.740. The Morgan fingerprint density at radius 1 is 1.14 bits per heavy atom. The van der Waals surface area contributed by atoms with E-state index in [0.29, 0.717) is 6.54 Å². The highest BCUT2D eigenvalue weighted by atomic mass is 32.1. The second kappa shape index (κ2) is 6.21. The maximum atomic E-state index is 5.42. The lowest BCUT2D eigenvalue weighted by Crippen LogP contribution is -2.38. The van der Waals surface area contributed by atoms with E-state index in [1.807, 2.05) is 0 Å². The van der Waals surface area contributed by atoms with Crippen molar-refractivity contribution in [2.45, 2.75) is 6.54 Å². The number of rotatable bonds is 2. The van der Waals surface area contributed by atoms with Gasteiger partial charge < -0.3 is 15.5 Å². The topological polar surface area (TPSA) is 32.5 Å². The molecule has 3 rings (SSSR count). The molecule has 0 saturated carbocycles. The first-order chi connectivity index (χ1) is 10.3. The molecule has 2 heterocycles. The summed E-state index contributed by atoms with van der Waals surface area (Å²) in [5.41, 5.74) is 8.04. The van der Waals surface area contributed by atoms with Crippen LogP contribution in [0.5, 0.6) is 0 Å². The summed E-state index contributed by atoms with van der Waals surface area (Å²) in [5.74, 6) is 6.02. The number of hydrogen-bond acceptors (Lipinski definition) is 4. The van der Waals surface area contributed by atoms with Crippen molar-refractivity contribution in [3.8, 4) is 11.8 Å². The van der Waals surface area contributed by atoms with Crippen molar-refractivity contribution >= 4 is 22.7 Å². The van der Waals surface area contributed by atoms with Gasteiger partial charge in [0.25, 0.3) is 0 Å². The van der Waals surface area contributed by atoms with Crippen molar-refractivity contribution in [1.29, 1.82) is 0 Å². The van der Waals surface area contributed by atoms with Crippen LogP contribution in [0.4, 0.5) is 11.4 Å². The Morgan fingerprint density at radius 3 is 2.76 bits per heavy atom. The van der Waals surface area contributed by atoms with Gasteiger partial charge in [-0.05, 0) is 24.3 Å². The maximum Gasteiger partial charge on any atom is 0.0772 e. The summed E-state index contributed by atoms with van der Waals surface area (Å²) in [7, 11) is 2.15. The second-order valence-corrected chi connectivity index (χ2v) is 6.27. The van der Waals surface area contributed by atoms with Gasteiger partial charge in [-0.1, -0.05) is 24.0 Å². The van der Waals surface area contributed by atoms with E-state index in [1.165, 1.54) is 16.3 Å². The van der Waals surface area contributed by atoms with Crippen LogP contribution in [0, 0.1) is 11.8 Å². The molecular weight excluding hydrogens is 278 g/mol. The fourth-order valence-electron chi connectivity index (χ4n) is 2.59. The number of hydrogen-bond donors (Lipinski definition) is 1. The van der Waals surface area contributed by atoms with Crippen LogP contribution in [-0.2, 0) is 6.54 Å². The Morgan fingerprint density at radius 2 is 1.95 bits per heavy atom. The molecule has 0 aliphatic carbocycles. The van der Waals surface area contributed by atoms with Crippen molar-refractivity contribution < 1.29 is 0 Å². The number of fused-ring (bicyclic) bond motifs is 1. The van der Waals surface area contributed by atoms with Crippen LogP contribution >= 0.6 is 11.3 Å². The maximum absolute atomic E-state index is 5.42. The number of nitrogens with zero attached hydrogens (tertiary/aromatic N) is 2. The van der Waals surface area contributed by atoms with Gasteiger partial charge in [0.15, 0.2) is 0 Å². The minimum absolute atomic E-state index is 0.416. The molecule has 0 atom stereocenters. The Balaban J connectivity index is 1.79. The summed E-state index contributed by atoms with van der Waals surface area (Å²) in [5, 5.41) is 0. The standard InChI is InChI=1S/C17H19N3S/c1-19-11-12-20(17-7-3-2-6-16(17)19)13-15-9-8-14(21-15)5-4-10-18/h2-3,6-9H,10-13,18H2,1H3. The van der Waals surface area contributed by atoms with Crippen LogP contribution in [0.1, 0.15) is 9.75 Å². The van der Waals surface area contributed by atoms with Crippen LogP contribution in [-0.4, -0.2) is 26.7 Å². The normalized spacial score (nSPS) is 13.6. The number of nitrogens with two attached hydrogens (primary N) is 1. The Bertz CT molecular complexity index is 681. The van der Waals surface area contributed by atoms with Gasteiger partial charge in [-0.2, -0.15) is 0 Å². The molecule has 0 saturated heterocycles. The number of benzene rings is 1. The van der Waals surface area contributed by atoms with Gasteiger partial charge in [0.1, 0.15) is 0 Å². The fraction of sp³-hybridized carbons (Fsp3) is 0.294. The van der Waals surface area contributed by atoms with Gasteiger partial charge in [-0.15, -0.1) is 11.3 Å². The highest BCUT2D eigenvalue weighted by molar-refractivity contribution is 7.12. The van der Waals surface area contributed by atoms with Crippen LogP contribution in [0.2, 0.25) is 0 Å². The fourth-order valence-corrected chi connectivity index (χ4v) is 3.48. The van der Waals surface area contributed by atoms with Crippen LogP contribution in [0.25, 0.3) is 0 Å². The first-order valence-corrected chi connectivity index (χ1v) is 7.92. The molecule has 0 fully saturated rings. The summed E-state index contributed by atoms with van der Waals surface area (Å²) in [4.78, 5) is 7.20. The van der Waals surface area contributed by atoms with Crippen molar-refractivity contribution in [2.24, 2.45) is 5.73 Å². The van der Waals surface area contributed by atoms with Gasteiger partial charge in [0.2, 0.25) is 0 Å². The van der Waals surface area contributed by atoms with E-state index < -0.39 is 0 Å². The first-order valence-electron chi connectivity index (χ1n) is 7.10. The van der Waals surface area contributed by atoms with Crippen LogP contribution in [0.15, 0.2) is 36.4 Å². The zero-order valence-corrected chi connectivity index (χ0v) is 13.0. The molecule has 108 valence electrons. The molecule has 4 heteroatoms. The minimum Gasteiger partial charge on any atom is -0.371 e. The summed E-state index contributed by atoms with van der Waals surface area (Å²) in [6.45, 7) is 3.47. The van der Waals surface area contributed by atoms with Crippen molar-refractivity contribution in [3.05, 3.63) is 46.2 Å². The van der Waals surface area contributed by atoms with Gasteiger partial charge in [-0.25, -0.2) is 0 Å². The van der Waals surface area contributed by atoms with Crippen molar-refractivity contribution in [2.75, 3.05) is 36.5 Å². The van der Waals surface area contributed by atoms with E-state index in [-0.39, 0.29) is 0 Å². The molecule has 1 aromatic heterocycles. The zero-order chi connectivity index (χ0) is 14.7. The quantitative estimate of drug-likeness (QED) is 0.865. The number of anilines is 2.